The fourth-order valence-electron chi connectivity index (χ4n) is 1.91. The van der Waals surface area contributed by atoms with E-state index in [1.54, 1.807) is 0 Å². The Morgan fingerprint density at radius 1 is 1.00 bits per heavy atom. The third-order valence-electron chi connectivity index (χ3n) is 2.80. The fourth-order valence-corrected chi connectivity index (χ4v) is 2.27. The number of aromatic nitrogens is 2. The number of rotatable bonds is 2. The summed E-state index contributed by atoms with van der Waals surface area (Å²) >= 11 is 2.32. The molecular formula is C14H11IN2. The second-order valence-corrected chi connectivity index (χ2v) is 5.23. The second-order valence-electron chi connectivity index (χ2n) is 3.99. The van der Waals surface area contributed by atoms with E-state index in [1.165, 1.54) is 20.0 Å². The lowest BCUT2D eigenvalue weighted by Gasteiger charge is -2.04. The number of hydrogen-bond donors (Lipinski definition) is 0. The second kappa shape index (κ2) is 4.49. The molecule has 17 heavy (non-hydrogen) atoms. The average Bonchev–Trinajstić information content (AvgIpc) is 2.76. The van der Waals surface area contributed by atoms with Crippen LogP contribution in [0.15, 0.2) is 54.7 Å². The topological polar surface area (TPSA) is 17.8 Å². The third kappa shape index (κ3) is 2.20. The van der Waals surface area contributed by atoms with E-state index in [2.05, 4.69) is 70.2 Å². The minimum Gasteiger partial charge on any atom is -0.260 e. The Morgan fingerprint density at radius 3 is 2.59 bits per heavy atom. The van der Waals surface area contributed by atoms with Crippen LogP contribution in [-0.2, 0) is 6.54 Å². The van der Waals surface area contributed by atoms with Gasteiger partial charge in [0.25, 0.3) is 0 Å². The maximum atomic E-state index is 4.43. The Labute approximate surface area is 113 Å². The first-order valence-electron chi connectivity index (χ1n) is 5.48. The van der Waals surface area contributed by atoms with Gasteiger partial charge in [0.2, 0.25) is 0 Å². The standard InChI is InChI=1S/C14H11IN2/c15-13-7-5-11(6-8-13)10-17-14-4-2-1-3-12(14)9-16-17/h1-9H,10H2. The highest BCUT2D eigenvalue weighted by molar-refractivity contribution is 14.1. The number of hydrogen-bond acceptors (Lipinski definition) is 1. The summed E-state index contributed by atoms with van der Waals surface area (Å²) < 4.78 is 3.30. The van der Waals surface area contributed by atoms with E-state index in [0.29, 0.717) is 0 Å². The zero-order valence-corrected chi connectivity index (χ0v) is 11.3. The van der Waals surface area contributed by atoms with Gasteiger partial charge in [0, 0.05) is 8.96 Å². The van der Waals surface area contributed by atoms with E-state index in [4.69, 9.17) is 0 Å². The molecule has 0 radical (unpaired) electrons. The maximum absolute atomic E-state index is 4.43. The van der Waals surface area contributed by atoms with E-state index >= 15 is 0 Å². The van der Waals surface area contributed by atoms with Crippen LogP contribution in [0.25, 0.3) is 10.9 Å². The largest absolute Gasteiger partial charge is 0.260 e. The van der Waals surface area contributed by atoms with Crippen molar-refractivity contribution < 1.29 is 0 Å². The highest BCUT2D eigenvalue weighted by Gasteiger charge is 2.02. The molecule has 2 nitrogen and oxygen atoms in total. The quantitative estimate of drug-likeness (QED) is 0.654. The van der Waals surface area contributed by atoms with Gasteiger partial charge in [0.15, 0.2) is 0 Å². The zero-order chi connectivity index (χ0) is 11.7. The molecule has 0 bridgehead atoms. The van der Waals surface area contributed by atoms with Crippen LogP contribution in [0.4, 0.5) is 0 Å². The monoisotopic (exact) mass is 334 g/mol. The summed E-state index contributed by atoms with van der Waals surface area (Å²) in [5.41, 5.74) is 2.46. The Kier molecular flexibility index (Phi) is 2.84. The summed E-state index contributed by atoms with van der Waals surface area (Å²) in [6.07, 6.45) is 1.92. The summed E-state index contributed by atoms with van der Waals surface area (Å²) in [5, 5.41) is 5.62. The van der Waals surface area contributed by atoms with Crippen molar-refractivity contribution in [1.82, 2.24) is 9.78 Å². The van der Waals surface area contributed by atoms with E-state index in [9.17, 15) is 0 Å². The molecule has 1 aromatic heterocycles. The first-order valence-corrected chi connectivity index (χ1v) is 6.56. The molecule has 0 fully saturated rings. The molecule has 1 heterocycles. The minimum atomic E-state index is 0.824. The maximum Gasteiger partial charge on any atom is 0.0686 e. The fraction of sp³-hybridized carbons (Fsp3) is 0.0714. The molecule has 0 aliphatic rings. The van der Waals surface area contributed by atoms with Crippen molar-refractivity contribution in [2.45, 2.75) is 6.54 Å². The van der Waals surface area contributed by atoms with Crippen LogP contribution in [0.1, 0.15) is 5.56 Å². The van der Waals surface area contributed by atoms with Gasteiger partial charge in [-0.3, -0.25) is 4.68 Å². The van der Waals surface area contributed by atoms with Gasteiger partial charge in [-0.1, -0.05) is 30.3 Å². The first-order chi connectivity index (χ1) is 8.33. The molecule has 3 aromatic rings. The van der Waals surface area contributed by atoms with Gasteiger partial charge in [-0.25, -0.2) is 0 Å². The van der Waals surface area contributed by atoms with Crippen molar-refractivity contribution in [3.63, 3.8) is 0 Å². The van der Waals surface area contributed by atoms with Crippen molar-refractivity contribution in [3.05, 3.63) is 63.9 Å². The predicted molar refractivity (Wildman–Crippen MR) is 78.0 cm³/mol. The molecule has 3 heteroatoms. The Hall–Kier alpha value is -1.36. The summed E-state index contributed by atoms with van der Waals surface area (Å²) in [6, 6.07) is 16.8. The molecule has 0 spiro atoms. The number of fused-ring (bicyclic) bond motifs is 1. The van der Waals surface area contributed by atoms with Crippen LogP contribution < -0.4 is 0 Å². The van der Waals surface area contributed by atoms with Gasteiger partial charge in [-0.15, -0.1) is 0 Å². The molecule has 0 saturated carbocycles. The lowest BCUT2D eigenvalue weighted by molar-refractivity contribution is 0.712. The lowest BCUT2D eigenvalue weighted by Crippen LogP contribution is -2.00. The molecule has 0 N–H and O–H groups in total. The van der Waals surface area contributed by atoms with Crippen molar-refractivity contribution in [1.29, 1.82) is 0 Å². The van der Waals surface area contributed by atoms with Crippen LogP contribution in [0.3, 0.4) is 0 Å². The zero-order valence-electron chi connectivity index (χ0n) is 9.18. The van der Waals surface area contributed by atoms with Gasteiger partial charge in [-0.05, 0) is 46.4 Å². The Morgan fingerprint density at radius 2 is 1.76 bits per heavy atom. The van der Waals surface area contributed by atoms with E-state index in [-0.39, 0.29) is 0 Å². The molecule has 0 unspecified atom stereocenters. The minimum absolute atomic E-state index is 0.824. The van der Waals surface area contributed by atoms with Gasteiger partial charge < -0.3 is 0 Å². The average molecular weight is 334 g/mol. The van der Waals surface area contributed by atoms with Crippen LogP contribution >= 0.6 is 22.6 Å². The summed E-state index contributed by atoms with van der Waals surface area (Å²) in [7, 11) is 0. The Bertz CT molecular complexity index is 641. The van der Waals surface area contributed by atoms with Crippen LogP contribution in [0, 0.1) is 3.57 Å². The van der Waals surface area contributed by atoms with E-state index in [0.717, 1.165) is 6.54 Å². The van der Waals surface area contributed by atoms with Crippen LogP contribution in [0.2, 0.25) is 0 Å². The summed E-state index contributed by atoms with van der Waals surface area (Å²) in [6.45, 7) is 0.824. The normalized spacial score (nSPS) is 10.9. The molecule has 0 saturated heterocycles. The van der Waals surface area contributed by atoms with Gasteiger partial charge in [0.1, 0.15) is 0 Å². The molecule has 3 rings (SSSR count). The van der Waals surface area contributed by atoms with Crippen LogP contribution in [0.5, 0.6) is 0 Å². The molecule has 84 valence electrons. The van der Waals surface area contributed by atoms with Gasteiger partial charge in [-0.2, -0.15) is 5.10 Å². The van der Waals surface area contributed by atoms with Crippen molar-refractivity contribution in [2.24, 2.45) is 0 Å². The van der Waals surface area contributed by atoms with E-state index in [1.807, 2.05) is 16.9 Å². The highest BCUT2D eigenvalue weighted by Crippen LogP contribution is 2.15. The van der Waals surface area contributed by atoms with Crippen molar-refractivity contribution in [2.75, 3.05) is 0 Å². The molecule has 0 atom stereocenters. The highest BCUT2D eigenvalue weighted by atomic mass is 127. The molecule has 0 aliphatic heterocycles. The van der Waals surface area contributed by atoms with Crippen LogP contribution in [-0.4, -0.2) is 9.78 Å². The molecule has 2 aromatic carbocycles. The number of nitrogens with zero attached hydrogens (tertiary/aromatic N) is 2. The van der Waals surface area contributed by atoms with Crippen molar-refractivity contribution >= 4 is 33.5 Å². The third-order valence-corrected chi connectivity index (χ3v) is 3.52. The number of halogens is 1. The van der Waals surface area contributed by atoms with Gasteiger partial charge >= 0.3 is 0 Å². The first kappa shape index (κ1) is 10.8. The smallest absolute Gasteiger partial charge is 0.0686 e. The van der Waals surface area contributed by atoms with Gasteiger partial charge in [0.05, 0.1) is 18.3 Å². The lowest BCUT2D eigenvalue weighted by atomic mass is 10.2. The summed E-state index contributed by atoms with van der Waals surface area (Å²) in [4.78, 5) is 0. The van der Waals surface area contributed by atoms with Crippen molar-refractivity contribution in [3.8, 4) is 0 Å². The van der Waals surface area contributed by atoms with E-state index < -0.39 is 0 Å². The molecule has 0 amide bonds. The number of para-hydroxylation sites is 1. The molecule has 0 aliphatic carbocycles. The SMILES string of the molecule is Ic1ccc(Cn2ncc3ccccc32)cc1. The summed E-state index contributed by atoms with van der Waals surface area (Å²) in [5.74, 6) is 0. The predicted octanol–water partition coefficient (Wildman–Crippen LogP) is 3.69. The Balaban J connectivity index is 1.97. The molecular weight excluding hydrogens is 323 g/mol. The number of benzene rings is 2.